The van der Waals surface area contributed by atoms with Crippen LogP contribution in [-0.2, 0) is 31.9 Å². The van der Waals surface area contributed by atoms with Crippen molar-refractivity contribution in [3.05, 3.63) is 40.3 Å². The number of fused-ring (bicyclic) bond motifs is 2. The zero-order valence-electron chi connectivity index (χ0n) is 16.4. The van der Waals surface area contributed by atoms with Gasteiger partial charge in [0.25, 0.3) is 5.91 Å². The van der Waals surface area contributed by atoms with E-state index < -0.39 is 30.6 Å². The van der Waals surface area contributed by atoms with Crippen molar-refractivity contribution in [2.75, 3.05) is 25.1 Å². The van der Waals surface area contributed by atoms with Crippen molar-refractivity contribution in [2.24, 2.45) is 0 Å². The lowest BCUT2D eigenvalue weighted by Gasteiger charge is -2.24. The van der Waals surface area contributed by atoms with Crippen molar-refractivity contribution < 1.29 is 33.3 Å². The molecule has 2 heterocycles. The molecule has 1 aliphatic carbocycles. The highest BCUT2D eigenvalue weighted by molar-refractivity contribution is 7.17. The van der Waals surface area contributed by atoms with Crippen LogP contribution in [0.15, 0.2) is 24.3 Å². The molecular formula is C21H21NO7S. The van der Waals surface area contributed by atoms with E-state index in [2.05, 4.69) is 5.32 Å². The molecule has 8 nitrogen and oxygen atoms in total. The number of carbonyl (C=O) groups is 3. The number of carbonyl (C=O) groups excluding carboxylic acids is 3. The zero-order valence-corrected chi connectivity index (χ0v) is 17.2. The second kappa shape index (κ2) is 8.74. The molecule has 4 rings (SSSR count). The van der Waals surface area contributed by atoms with Gasteiger partial charge in [0.15, 0.2) is 18.1 Å². The molecule has 0 spiro atoms. The van der Waals surface area contributed by atoms with Gasteiger partial charge in [0.1, 0.15) is 11.6 Å². The number of hydrogen-bond acceptors (Lipinski definition) is 8. The Bertz CT molecular complexity index is 984. The summed E-state index contributed by atoms with van der Waals surface area (Å²) >= 11 is 1.37. The second-order valence-corrected chi connectivity index (χ2v) is 7.91. The molecule has 0 fully saturated rings. The van der Waals surface area contributed by atoms with Crippen molar-refractivity contribution in [1.29, 1.82) is 0 Å². The standard InChI is InChI=1S/C21H21NO7S/c1-2-26-21(25)18-12-6-5-9-16(12)30-19(18)22-17(23)11-28-20(24)15-10-27-13-7-3-4-8-14(13)29-15/h3-4,7-8,15H,2,5-6,9-11H2,1H3,(H,22,23)/t15-/m1/s1. The maximum Gasteiger partial charge on any atom is 0.351 e. The summed E-state index contributed by atoms with van der Waals surface area (Å²) in [4.78, 5) is 38.1. The quantitative estimate of drug-likeness (QED) is 0.702. The van der Waals surface area contributed by atoms with Crippen molar-refractivity contribution in [3.63, 3.8) is 0 Å². The highest BCUT2D eigenvalue weighted by Crippen LogP contribution is 2.39. The fourth-order valence-electron chi connectivity index (χ4n) is 3.44. The summed E-state index contributed by atoms with van der Waals surface area (Å²) in [6.07, 6.45) is 1.68. The number of ether oxygens (including phenoxy) is 4. The molecule has 2 aliphatic rings. The summed E-state index contributed by atoms with van der Waals surface area (Å²) in [6, 6.07) is 7.00. The number of benzene rings is 1. The third kappa shape index (κ3) is 4.11. The highest BCUT2D eigenvalue weighted by atomic mass is 32.1. The van der Waals surface area contributed by atoms with Crippen molar-refractivity contribution in [1.82, 2.24) is 0 Å². The first-order chi connectivity index (χ1) is 14.6. The van der Waals surface area contributed by atoms with Crippen LogP contribution in [0.2, 0.25) is 0 Å². The SMILES string of the molecule is CCOC(=O)c1c(NC(=O)COC(=O)[C@H]2COc3ccccc3O2)sc2c1CCC2. The summed E-state index contributed by atoms with van der Waals surface area (Å²) in [6.45, 7) is 1.49. The molecule has 1 aromatic heterocycles. The van der Waals surface area contributed by atoms with Gasteiger partial charge in [0.05, 0.1) is 12.2 Å². The van der Waals surface area contributed by atoms with Crippen LogP contribution in [0.3, 0.4) is 0 Å². The second-order valence-electron chi connectivity index (χ2n) is 6.80. The fourth-order valence-corrected chi connectivity index (χ4v) is 4.73. The lowest BCUT2D eigenvalue weighted by Crippen LogP contribution is -2.39. The van der Waals surface area contributed by atoms with Gasteiger partial charge in [0.2, 0.25) is 6.10 Å². The van der Waals surface area contributed by atoms with Crippen LogP contribution in [0.4, 0.5) is 5.00 Å². The van der Waals surface area contributed by atoms with Gasteiger partial charge in [0, 0.05) is 4.88 Å². The normalized spacial score (nSPS) is 16.5. The van der Waals surface area contributed by atoms with Crippen LogP contribution in [0.5, 0.6) is 11.5 Å². The van der Waals surface area contributed by atoms with E-state index in [1.807, 2.05) is 0 Å². The summed E-state index contributed by atoms with van der Waals surface area (Å²) in [5, 5.41) is 3.12. The van der Waals surface area contributed by atoms with Gasteiger partial charge < -0.3 is 24.3 Å². The molecule has 0 radical (unpaired) electrons. The number of hydrogen-bond donors (Lipinski definition) is 1. The van der Waals surface area contributed by atoms with Crippen molar-refractivity contribution in [2.45, 2.75) is 32.3 Å². The molecule has 158 valence electrons. The number of anilines is 1. The lowest BCUT2D eigenvalue weighted by atomic mass is 10.1. The van der Waals surface area contributed by atoms with E-state index in [0.717, 1.165) is 29.7 Å². The number of rotatable bonds is 6. The number of esters is 2. The largest absolute Gasteiger partial charge is 0.485 e. The Morgan fingerprint density at radius 3 is 2.77 bits per heavy atom. The Kier molecular flexibility index (Phi) is 5.89. The number of nitrogens with one attached hydrogen (secondary N) is 1. The van der Waals surface area contributed by atoms with E-state index in [-0.39, 0.29) is 13.2 Å². The van der Waals surface area contributed by atoms with Crippen LogP contribution in [0.1, 0.15) is 34.1 Å². The Balaban J connectivity index is 1.36. The van der Waals surface area contributed by atoms with Gasteiger partial charge in [-0.2, -0.15) is 0 Å². The monoisotopic (exact) mass is 431 g/mol. The number of aryl methyl sites for hydroxylation is 1. The zero-order chi connectivity index (χ0) is 21.1. The minimum atomic E-state index is -0.951. The average Bonchev–Trinajstić information content (AvgIpc) is 3.32. The summed E-state index contributed by atoms with van der Waals surface area (Å²) in [5.74, 6) is -0.681. The van der Waals surface area contributed by atoms with Crippen LogP contribution in [0.25, 0.3) is 0 Å². The summed E-state index contributed by atoms with van der Waals surface area (Å²) < 4.78 is 21.3. The first kappa shape index (κ1) is 20.2. The van der Waals surface area contributed by atoms with Gasteiger partial charge in [-0.1, -0.05) is 12.1 Å². The third-order valence-corrected chi connectivity index (χ3v) is 5.98. The van der Waals surface area contributed by atoms with Gasteiger partial charge in [-0.05, 0) is 43.9 Å². The topological polar surface area (TPSA) is 100 Å². The molecule has 30 heavy (non-hydrogen) atoms. The lowest BCUT2D eigenvalue weighted by molar-refractivity contribution is -0.156. The van der Waals surface area contributed by atoms with Crippen molar-refractivity contribution in [3.8, 4) is 11.5 Å². The fraction of sp³-hybridized carbons (Fsp3) is 0.381. The molecule has 0 unspecified atom stereocenters. The van der Waals surface area contributed by atoms with Gasteiger partial charge in [-0.3, -0.25) is 4.79 Å². The summed E-state index contributed by atoms with van der Waals surface area (Å²) in [5.41, 5.74) is 1.35. The molecule has 9 heteroatoms. The Morgan fingerprint density at radius 2 is 1.97 bits per heavy atom. The molecule has 0 saturated carbocycles. The van der Waals surface area contributed by atoms with Crippen LogP contribution in [-0.4, -0.2) is 43.8 Å². The summed E-state index contributed by atoms with van der Waals surface area (Å²) in [7, 11) is 0. The molecule has 1 aliphatic heterocycles. The average molecular weight is 431 g/mol. The highest BCUT2D eigenvalue weighted by Gasteiger charge is 2.30. The van der Waals surface area contributed by atoms with E-state index in [1.165, 1.54) is 11.3 Å². The predicted molar refractivity (Wildman–Crippen MR) is 108 cm³/mol. The minimum absolute atomic E-state index is 0.00210. The van der Waals surface area contributed by atoms with Crippen LogP contribution >= 0.6 is 11.3 Å². The molecule has 0 bridgehead atoms. The van der Waals surface area contributed by atoms with Crippen molar-refractivity contribution >= 4 is 34.2 Å². The van der Waals surface area contributed by atoms with E-state index in [9.17, 15) is 14.4 Å². The molecule has 1 atom stereocenters. The molecular weight excluding hydrogens is 410 g/mol. The van der Waals surface area contributed by atoms with Gasteiger partial charge in [-0.25, -0.2) is 9.59 Å². The number of amides is 1. The Morgan fingerprint density at radius 1 is 1.17 bits per heavy atom. The van der Waals surface area contributed by atoms with E-state index >= 15 is 0 Å². The molecule has 2 aromatic rings. The smallest absolute Gasteiger partial charge is 0.351 e. The third-order valence-electron chi connectivity index (χ3n) is 4.77. The van der Waals surface area contributed by atoms with E-state index in [0.29, 0.717) is 22.1 Å². The van der Waals surface area contributed by atoms with Crippen LogP contribution in [0, 0.1) is 0 Å². The minimum Gasteiger partial charge on any atom is -0.485 e. The molecule has 1 N–H and O–H groups in total. The first-order valence-corrected chi connectivity index (χ1v) is 10.5. The van der Waals surface area contributed by atoms with E-state index in [4.69, 9.17) is 18.9 Å². The maximum absolute atomic E-state index is 12.4. The molecule has 1 amide bonds. The van der Waals surface area contributed by atoms with E-state index in [1.54, 1.807) is 31.2 Å². The van der Waals surface area contributed by atoms with Gasteiger partial charge >= 0.3 is 11.9 Å². The molecule has 0 saturated heterocycles. The first-order valence-electron chi connectivity index (χ1n) is 9.73. The number of thiophene rings is 1. The maximum atomic E-state index is 12.4. The van der Waals surface area contributed by atoms with Gasteiger partial charge in [-0.15, -0.1) is 11.3 Å². The molecule has 1 aromatic carbocycles. The number of para-hydroxylation sites is 2. The Labute approximate surface area is 177 Å². The predicted octanol–water partition coefficient (Wildman–Crippen LogP) is 2.74. The Hall–Kier alpha value is -3.07. The van der Waals surface area contributed by atoms with Crippen LogP contribution < -0.4 is 14.8 Å².